The zero-order chi connectivity index (χ0) is 21.5. The number of aliphatic hydroxyl groups excluding tert-OH is 1. The summed E-state index contributed by atoms with van der Waals surface area (Å²) in [7, 11) is 0. The number of hydrogen-bond donors (Lipinski definition) is 2. The van der Waals surface area contributed by atoms with Crippen molar-refractivity contribution in [3.05, 3.63) is 12.7 Å². The number of hydrogen-bond acceptors (Lipinski definition) is 5. The van der Waals surface area contributed by atoms with E-state index >= 15 is 0 Å². The summed E-state index contributed by atoms with van der Waals surface area (Å²) in [6.07, 6.45) is 3.98. The molecule has 2 bridgehead atoms. The average Bonchev–Trinajstić information content (AvgIpc) is 3.24. The maximum absolute atomic E-state index is 13.8. The maximum atomic E-state index is 13.8. The summed E-state index contributed by atoms with van der Waals surface area (Å²) in [4.78, 5) is 42.3. The molecule has 7 nitrogen and oxygen atoms in total. The third-order valence-electron chi connectivity index (χ3n) is 6.50. The molecular formula is C20H29BrN2O5S. The third-order valence-corrected chi connectivity index (χ3v) is 9.72. The highest BCUT2D eigenvalue weighted by Gasteiger charge is 2.76. The lowest BCUT2D eigenvalue weighted by atomic mass is 9.71. The first-order chi connectivity index (χ1) is 13.7. The molecule has 3 aliphatic rings. The molecule has 0 aromatic rings. The monoisotopic (exact) mass is 488 g/mol. The Morgan fingerprint density at radius 3 is 2.76 bits per heavy atom. The van der Waals surface area contributed by atoms with Crippen LogP contribution in [0.3, 0.4) is 0 Å². The molecule has 3 rings (SSSR count). The van der Waals surface area contributed by atoms with Gasteiger partial charge in [0, 0.05) is 29.2 Å². The Hall–Kier alpha value is -1.06. The van der Waals surface area contributed by atoms with E-state index in [9.17, 15) is 24.6 Å². The number of aliphatic carboxylic acids is 1. The van der Waals surface area contributed by atoms with Gasteiger partial charge in [-0.05, 0) is 19.8 Å². The topological polar surface area (TPSA) is 98.2 Å². The molecule has 0 saturated carbocycles. The number of carbonyl (C=O) groups is 3. The summed E-state index contributed by atoms with van der Waals surface area (Å²) in [6.45, 7) is 7.95. The molecule has 0 aromatic heterocycles. The average molecular weight is 489 g/mol. The van der Waals surface area contributed by atoms with Crippen LogP contribution in [0.4, 0.5) is 0 Å². The fraction of sp³-hybridized carbons (Fsp3) is 0.750. The minimum atomic E-state index is -0.994. The third kappa shape index (κ3) is 3.43. The fourth-order valence-electron chi connectivity index (χ4n) is 5.40. The second kappa shape index (κ2) is 8.59. The van der Waals surface area contributed by atoms with Crippen LogP contribution < -0.4 is 0 Å². The number of carbonyl (C=O) groups excluding carboxylic acids is 2. The Morgan fingerprint density at radius 1 is 1.52 bits per heavy atom. The van der Waals surface area contributed by atoms with E-state index in [4.69, 9.17) is 0 Å². The minimum absolute atomic E-state index is 0.0225. The van der Waals surface area contributed by atoms with Crippen LogP contribution in [-0.4, -0.2) is 84.4 Å². The normalized spacial score (nSPS) is 36.2. The SMILES string of the molecule is C=CCN(C(=O)C1N(CCO)C(=O)[C@@H]2[C@H](C(=O)O)[C@H]3SC12CC3Br)C(C)CCC. The van der Waals surface area contributed by atoms with Gasteiger partial charge >= 0.3 is 5.97 Å². The van der Waals surface area contributed by atoms with Crippen molar-refractivity contribution in [2.45, 2.75) is 60.0 Å². The zero-order valence-electron chi connectivity index (χ0n) is 16.8. The van der Waals surface area contributed by atoms with Crippen molar-refractivity contribution in [2.75, 3.05) is 19.7 Å². The lowest BCUT2D eigenvalue weighted by Crippen LogP contribution is -2.57. The molecule has 2 amide bonds. The quantitative estimate of drug-likeness (QED) is 0.378. The van der Waals surface area contributed by atoms with Crippen LogP contribution in [0.15, 0.2) is 12.7 Å². The molecule has 0 radical (unpaired) electrons. The van der Waals surface area contributed by atoms with Crippen molar-refractivity contribution in [1.29, 1.82) is 0 Å². The van der Waals surface area contributed by atoms with Crippen LogP contribution >= 0.6 is 27.7 Å². The van der Waals surface area contributed by atoms with Crippen molar-refractivity contribution in [3.63, 3.8) is 0 Å². The summed E-state index contributed by atoms with van der Waals surface area (Å²) < 4.78 is -0.781. The van der Waals surface area contributed by atoms with Gasteiger partial charge < -0.3 is 20.0 Å². The van der Waals surface area contributed by atoms with Crippen molar-refractivity contribution in [3.8, 4) is 0 Å². The number of carboxylic acid groups (broad SMARTS) is 1. The Labute approximate surface area is 184 Å². The number of fused-ring (bicyclic) bond motifs is 1. The first kappa shape index (κ1) is 22.6. The Kier molecular flexibility index (Phi) is 6.70. The second-order valence-electron chi connectivity index (χ2n) is 8.17. The predicted octanol–water partition coefficient (Wildman–Crippen LogP) is 1.73. The summed E-state index contributed by atoms with van der Waals surface area (Å²) in [5, 5.41) is 19.2. The van der Waals surface area contributed by atoms with Gasteiger partial charge in [-0.1, -0.05) is 35.4 Å². The number of halogens is 1. The smallest absolute Gasteiger partial charge is 0.308 e. The van der Waals surface area contributed by atoms with Gasteiger partial charge in [0.25, 0.3) is 0 Å². The van der Waals surface area contributed by atoms with E-state index in [1.807, 2.05) is 6.92 Å². The lowest BCUT2D eigenvalue weighted by molar-refractivity contribution is -0.148. The van der Waals surface area contributed by atoms with Gasteiger partial charge in [0.1, 0.15) is 6.04 Å². The predicted molar refractivity (Wildman–Crippen MR) is 115 cm³/mol. The molecule has 4 unspecified atom stereocenters. The highest BCUT2D eigenvalue weighted by molar-refractivity contribution is 9.09. The second-order valence-corrected chi connectivity index (χ2v) is 10.9. The van der Waals surface area contributed by atoms with E-state index in [0.29, 0.717) is 13.0 Å². The molecule has 3 heterocycles. The van der Waals surface area contributed by atoms with E-state index in [1.54, 1.807) is 11.0 Å². The largest absolute Gasteiger partial charge is 0.481 e. The Morgan fingerprint density at radius 2 is 2.21 bits per heavy atom. The highest BCUT2D eigenvalue weighted by Crippen LogP contribution is 2.67. The Bertz CT molecular complexity index is 706. The number of amides is 2. The van der Waals surface area contributed by atoms with E-state index in [-0.39, 0.29) is 41.1 Å². The Balaban J connectivity index is 2.05. The molecule has 7 atom stereocenters. The summed E-state index contributed by atoms with van der Waals surface area (Å²) in [6, 6.07) is -0.795. The first-order valence-corrected chi connectivity index (χ1v) is 11.9. The van der Waals surface area contributed by atoms with Crippen molar-refractivity contribution in [2.24, 2.45) is 11.8 Å². The molecule has 0 aromatic carbocycles. The lowest BCUT2D eigenvalue weighted by Gasteiger charge is -2.39. The highest BCUT2D eigenvalue weighted by atomic mass is 79.9. The molecule has 9 heteroatoms. The molecule has 2 N–H and O–H groups in total. The number of thioether (sulfide) groups is 1. The van der Waals surface area contributed by atoms with Crippen LogP contribution in [0.1, 0.15) is 33.1 Å². The molecule has 3 fully saturated rings. The van der Waals surface area contributed by atoms with E-state index in [1.165, 1.54) is 16.7 Å². The van der Waals surface area contributed by atoms with E-state index < -0.39 is 28.6 Å². The molecule has 162 valence electrons. The van der Waals surface area contributed by atoms with Gasteiger partial charge in [-0.25, -0.2) is 0 Å². The number of likely N-dealkylation sites (tertiary alicyclic amines) is 1. The van der Waals surface area contributed by atoms with Gasteiger partial charge in [-0.3, -0.25) is 14.4 Å². The van der Waals surface area contributed by atoms with Gasteiger partial charge in [-0.2, -0.15) is 0 Å². The fourth-order valence-corrected chi connectivity index (χ4v) is 9.00. The van der Waals surface area contributed by atoms with Crippen LogP contribution in [0, 0.1) is 11.8 Å². The first-order valence-electron chi connectivity index (χ1n) is 10.1. The summed E-state index contributed by atoms with van der Waals surface area (Å²) in [5.41, 5.74) is 0. The molecule has 3 saturated heterocycles. The number of carboxylic acids is 1. The number of nitrogens with zero attached hydrogens (tertiary/aromatic N) is 2. The molecular weight excluding hydrogens is 460 g/mol. The number of aliphatic hydroxyl groups is 1. The van der Waals surface area contributed by atoms with Crippen LogP contribution in [0.5, 0.6) is 0 Å². The zero-order valence-corrected chi connectivity index (χ0v) is 19.2. The molecule has 0 aliphatic carbocycles. The van der Waals surface area contributed by atoms with Gasteiger partial charge in [0.15, 0.2) is 0 Å². The molecule has 3 aliphatic heterocycles. The van der Waals surface area contributed by atoms with Crippen molar-refractivity contribution in [1.82, 2.24) is 9.80 Å². The number of rotatable bonds is 9. The standard InChI is InChI=1S/C20H29BrN2O5S/c1-4-6-11(3)22(7-5-2)18(26)16-20-10-12(21)15(29-20)13(19(27)28)14(20)17(25)23(16)8-9-24/h5,11-16,24H,2,4,6-10H2,1,3H3,(H,27,28)/t11?,12?,13-,14-,15-,16?,20?/m0/s1. The summed E-state index contributed by atoms with van der Waals surface area (Å²) >= 11 is 5.09. The number of β-amino-alcohol motifs (C(OH)–C–C–N with tert-alkyl or cyclic N) is 1. The van der Waals surface area contributed by atoms with Crippen LogP contribution in [0.25, 0.3) is 0 Å². The molecule has 29 heavy (non-hydrogen) atoms. The van der Waals surface area contributed by atoms with E-state index in [0.717, 1.165) is 12.8 Å². The van der Waals surface area contributed by atoms with Gasteiger partial charge in [-0.15, -0.1) is 18.3 Å². The maximum Gasteiger partial charge on any atom is 0.308 e. The van der Waals surface area contributed by atoms with Crippen molar-refractivity contribution < 1.29 is 24.6 Å². The van der Waals surface area contributed by atoms with Gasteiger partial charge in [0.2, 0.25) is 11.8 Å². The summed E-state index contributed by atoms with van der Waals surface area (Å²) in [5.74, 6) is -3.05. The molecule has 1 spiro atoms. The van der Waals surface area contributed by atoms with Crippen molar-refractivity contribution >= 4 is 45.5 Å². The van der Waals surface area contributed by atoms with Gasteiger partial charge in [0.05, 0.1) is 23.2 Å². The minimum Gasteiger partial charge on any atom is -0.481 e. The van der Waals surface area contributed by atoms with E-state index in [2.05, 4.69) is 29.4 Å². The number of alkyl halides is 1. The van der Waals surface area contributed by atoms with Crippen LogP contribution in [0.2, 0.25) is 0 Å². The van der Waals surface area contributed by atoms with Crippen LogP contribution in [-0.2, 0) is 14.4 Å².